The van der Waals surface area contributed by atoms with Gasteiger partial charge in [-0.05, 0) is 37.5 Å². The minimum Gasteiger partial charge on any atom is -0.357 e. The van der Waals surface area contributed by atoms with Crippen LogP contribution in [-0.2, 0) is 11.3 Å². The Morgan fingerprint density at radius 3 is 2.80 bits per heavy atom. The van der Waals surface area contributed by atoms with Crippen LogP contribution in [0.1, 0.15) is 31.7 Å². The molecular weight excluding hydrogens is 359 g/mol. The Bertz CT molecular complexity index is 621. The second kappa shape index (κ2) is 9.88. The van der Waals surface area contributed by atoms with E-state index in [0.29, 0.717) is 29.6 Å². The van der Waals surface area contributed by atoms with Crippen molar-refractivity contribution < 1.29 is 4.79 Å². The first-order valence-corrected chi connectivity index (χ1v) is 9.48. The number of nitrogens with zero attached hydrogens (tertiary/aromatic N) is 3. The third-order valence-electron chi connectivity index (χ3n) is 4.12. The Balaban J connectivity index is 1.88. The van der Waals surface area contributed by atoms with E-state index in [1.807, 2.05) is 37.1 Å². The maximum Gasteiger partial charge on any atom is 0.222 e. The zero-order chi connectivity index (χ0) is 18.2. The molecule has 0 aliphatic carbocycles. The molecular formula is C18H26Cl2N4O. The highest BCUT2D eigenvalue weighted by molar-refractivity contribution is 6.42. The van der Waals surface area contributed by atoms with Gasteiger partial charge in [-0.3, -0.25) is 9.79 Å². The number of carbonyl (C=O) groups excluding carboxylic acids is 1. The first-order valence-electron chi connectivity index (χ1n) is 8.72. The molecule has 0 radical (unpaired) electrons. The second-order valence-electron chi connectivity index (χ2n) is 6.18. The molecule has 2 rings (SSSR count). The SMILES string of the molecule is CCNC(=NCCCN1CCCC1=O)N(C)Cc1ccc(Cl)c(Cl)c1. The van der Waals surface area contributed by atoms with Crippen molar-refractivity contribution in [2.24, 2.45) is 4.99 Å². The van der Waals surface area contributed by atoms with Crippen LogP contribution < -0.4 is 5.32 Å². The van der Waals surface area contributed by atoms with Crippen LogP contribution in [0.5, 0.6) is 0 Å². The topological polar surface area (TPSA) is 47.9 Å². The number of likely N-dealkylation sites (tertiary alicyclic amines) is 1. The Kier molecular flexibility index (Phi) is 7.85. The molecule has 1 N–H and O–H groups in total. The molecule has 138 valence electrons. The largest absolute Gasteiger partial charge is 0.357 e. The number of guanidine groups is 1. The van der Waals surface area contributed by atoms with Crippen molar-refractivity contribution in [2.75, 3.05) is 33.2 Å². The number of rotatable bonds is 7. The number of hydrogen-bond acceptors (Lipinski definition) is 2. The molecule has 1 amide bonds. The van der Waals surface area contributed by atoms with Crippen LogP contribution >= 0.6 is 23.2 Å². The summed E-state index contributed by atoms with van der Waals surface area (Å²) < 4.78 is 0. The maximum absolute atomic E-state index is 11.6. The number of carbonyl (C=O) groups is 1. The monoisotopic (exact) mass is 384 g/mol. The number of nitrogens with one attached hydrogen (secondary N) is 1. The quantitative estimate of drug-likeness (QED) is 0.445. The summed E-state index contributed by atoms with van der Waals surface area (Å²) >= 11 is 12.1. The van der Waals surface area contributed by atoms with Crippen LogP contribution in [0, 0.1) is 0 Å². The van der Waals surface area contributed by atoms with E-state index in [4.69, 9.17) is 23.2 Å². The zero-order valence-electron chi connectivity index (χ0n) is 14.9. The van der Waals surface area contributed by atoms with E-state index in [2.05, 4.69) is 15.2 Å². The van der Waals surface area contributed by atoms with Gasteiger partial charge in [-0.15, -0.1) is 0 Å². The van der Waals surface area contributed by atoms with E-state index in [-0.39, 0.29) is 5.91 Å². The highest BCUT2D eigenvalue weighted by Crippen LogP contribution is 2.23. The Hall–Kier alpha value is -1.46. The summed E-state index contributed by atoms with van der Waals surface area (Å²) in [5.41, 5.74) is 1.07. The number of benzene rings is 1. The van der Waals surface area contributed by atoms with Crippen LogP contribution in [-0.4, -0.2) is 54.9 Å². The minimum absolute atomic E-state index is 0.271. The van der Waals surface area contributed by atoms with E-state index in [0.717, 1.165) is 44.0 Å². The fourth-order valence-corrected chi connectivity index (χ4v) is 3.16. The van der Waals surface area contributed by atoms with Crippen LogP contribution in [0.3, 0.4) is 0 Å². The van der Waals surface area contributed by atoms with E-state index < -0.39 is 0 Å². The van der Waals surface area contributed by atoms with Crippen LogP contribution in [0.4, 0.5) is 0 Å². The zero-order valence-corrected chi connectivity index (χ0v) is 16.4. The third kappa shape index (κ3) is 6.08. The second-order valence-corrected chi connectivity index (χ2v) is 6.99. The van der Waals surface area contributed by atoms with Gasteiger partial charge in [0.05, 0.1) is 10.0 Å². The lowest BCUT2D eigenvalue weighted by molar-refractivity contribution is -0.127. The predicted molar refractivity (Wildman–Crippen MR) is 104 cm³/mol. The molecule has 1 aromatic carbocycles. The molecule has 25 heavy (non-hydrogen) atoms. The van der Waals surface area contributed by atoms with Crippen molar-refractivity contribution >= 4 is 35.1 Å². The molecule has 1 aliphatic rings. The Morgan fingerprint density at radius 2 is 2.16 bits per heavy atom. The third-order valence-corrected chi connectivity index (χ3v) is 4.86. The van der Waals surface area contributed by atoms with Gasteiger partial charge >= 0.3 is 0 Å². The van der Waals surface area contributed by atoms with Gasteiger partial charge in [0.15, 0.2) is 5.96 Å². The van der Waals surface area contributed by atoms with E-state index in [1.165, 1.54) is 0 Å². The van der Waals surface area contributed by atoms with Gasteiger partial charge in [-0.2, -0.15) is 0 Å². The normalized spacial score (nSPS) is 15.0. The molecule has 0 spiro atoms. The summed E-state index contributed by atoms with van der Waals surface area (Å²) in [7, 11) is 1.99. The van der Waals surface area contributed by atoms with Crippen molar-refractivity contribution in [3.8, 4) is 0 Å². The van der Waals surface area contributed by atoms with Crippen molar-refractivity contribution in [2.45, 2.75) is 32.7 Å². The number of halogens is 2. The minimum atomic E-state index is 0.271. The average molecular weight is 385 g/mol. The van der Waals surface area contributed by atoms with Gasteiger partial charge in [0.2, 0.25) is 5.91 Å². The molecule has 1 fully saturated rings. The maximum atomic E-state index is 11.6. The molecule has 0 atom stereocenters. The molecule has 1 aliphatic heterocycles. The van der Waals surface area contributed by atoms with Crippen LogP contribution in [0.25, 0.3) is 0 Å². The average Bonchev–Trinajstić information content (AvgIpc) is 2.99. The number of hydrogen-bond donors (Lipinski definition) is 1. The van der Waals surface area contributed by atoms with Crippen LogP contribution in [0.2, 0.25) is 10.0 Å². The van der Waals surface area contributed by atoms with Crippen LogP contribution in [0.15, 0.2) is 23.2 Å². The number of aliphatic imine (C=N–C) groups is 1. The fourth-order valence-electron chi connectivity index (χ4n) is 2.84. The Morgan fingerprint density at radius 1 is 1.36 bits per heavy atom. The molecule has 0 bridgehead atoms. The van der Waals surface area contributed by atoms with E-state index in [1.54, 1.807) is 0 Å². The van der Waals surface area contributed by atoms with Gasteiger partial charge in [0, 0.05) is 46.2 Å². The summed E-state index contributed by atoms with van der Waals surface area (Å²) in [6.45, 7) is 5.91. The molecule has 0 unspecified atom stereocenters. The summed E-state index contributed by atoms with van der Waals surface area (Å²) in [5, 5.41) is 4.42. The molecule has 7 heteroatoms. The summed E-state index contributed by atoms with van der Waals surface area (Å²) in [6, 6.07) is 5.65. The first-order chi connectivity index (χ1) is 12.0. The fraction of sp³-hybridized carbons (Fsp3) is 0.556. The van der Waals surface area contributed by atoms with Gasteiger partial charge in [0.25, 0.3) is 0 Å². The summed E-state index contributed by atoms with van der Waals surface area (Å²) in [4.78, 5) is 20.3. The smallest absolute Gasteiger partial charge is 0.222 e. The van der Waals surface area contributed by atoms with Crippen molar-refractivity contribution in [3.63, 3.8) is 0 Å². The van der Waals surface area contributed by atoms with Crippen molar-refractivity contribution in [1.29, 1.82) is 0 Å². The van der Waals surface area contributed by atoms with Gasteiger partial charge in [-0.25, -0.2) is 0 Å². The molecule has 1 saturated heterocycles. The predicted octanol–water partition coefficient (Wildman–Crippen LogP) is 3.40. The van der Waals surface area contributed by atoms with Crippen molar-refractivity contribution in [1.82, 2.24) is 15.1 Å². The molecule has 1 aromatic rings. The summed E-state index contributed by atoms with van der Waals surface area (Å²) in [5.74, 6) is 1.12. The lowest BCUT2D eigenvalue weighted by Crippen LogP contribution is -2.38. The van der Waals surface area contributed by atoms with Gasteiger partial charge in [0.1, 0.15) is 0 Å². The number of amides is 1. The highest BCUT2D eigenvalue weighted by atomic mass is 35.5. The lowest BCUT2D eigenvalue weighted by atomic mass is 10.2. The van der Waals surface area contributed by atoms with Gasteiger partial charge < -0.3 is 15.1 Å². The Labute approximate surface area is 160 Å². The van der Waals surface area contributed by atoms with E-state index >= 15 is 0 Å². The van der Waals surface area contributed by atoms with Crippen molar-refractivity contribution in [3.05, 3.63) is 33.8 Å². The van der Waals surface area contributed by atoms with E-state index in [9.17, 15) is 4.79 Å². The first kappa shape index (κ1) is 19.9. The molecule has 1 heterocycles. The summed E-state index contributed by atoms with van der Waals surface area (Å²) in [6.07, 6.45) is 2.55. The standard InChI is InChI=1S/C18H26Cl2N4O/c1-3-21-18(22-9-5-11-24-10-4-6-17(24)25)23(2)13-14-7-8-15(19)16(20)12-14/h7-8,12H,3-6,9-11,13H2,1-2H3,(H,21,22). The van der Waals surface area contributed by atoms with Gasteiger partial charge in [-0.1, -0.05) is 29.3 Å². The lowest BCUT2D eigenvalue weighted by Gasteiger charge is -2.22. The molecule has 5 nitrogen and oxygen atoms in total. The highest BCUT2D eigenvalue weighted by Gasteiger charge is 2.19. The molecule has 0 saturated carbocycles. The molecule has 0 aromatic heterocycles.